The van der Waals surface area contributed by atoms with Crippen molar-refractivity contribution in [3.63, 3.8) is 0 Å². The van der Waals surface area contributed by atoms with E-state index >= 15 is 0 Å². The minimum Gasteiger partial charge on any atom is -0.354 e. The summed E-state index contributed by atoms with van der Waals surface area (Å²) in [6, 6.07) is 13.3. The van der Waals surface area contributed by atoms with E-state index in [0.717, 1.165) is 10.0 Å². The Labute approximate surface area is 183 Å². The molecule has 1 aromatic heterocycles. The molecular weight excluding hydrogens is 470 g/mol. The van der Waals surface area contributed by atoms with Gasteiger partial charge in [0.15, 0.2) is 5.76 Å². The molecule has 0 radical (unpaired) electrons. The fraction of sp³-hybridized carbons (Fsp3) is 0.143. The maximum atomic E-state index is 12.6. The number of halogens is 1. The molecule has 3 rings (SSSR count). The number of nitrogens with zero attached hydrogens (tertiary/aromatic N) is 1. The molecule has 0 saturated carbocycles. The summed E-state index contributed by atoms with van der Waals surface area (Å²) in [5.41, 5.74) is 2.33. The van der Waals surface area contributed by atoms with E-state index in [1.54, 1.807) is 56.3 Å². The van der Waals surface area contributed by atoms with Gasteiger partial charge in [-0.2, -0.15) is 0 Å². The molecule has 0 fully saturated rings. The first-order valence-corrected chi connectivity index (χ1v) is 11.4. The molecular formula is C21H20BrN3O4S. The lowest BCUT2D eigenvalue weighted by atomic mass is 10.2. The van der Waals surface area contributed by atoms with Gasteiger partial charge >= 0.3 is 0 Å². The van der Waals surface area contributed by atoms with Crippen molar-refractivity contribution in [2.75, 3.05) is 10.0 Å². The highest BCUT2D eigenvalue weighted by atomic mass is 79.9. The number of carbonyl (C=O) groups excluding carboxylic acids is 1. The van der Waals surface area contributed by atoms with E-state index in [9.17, 15) is 13.2 Å². The average Bonchev–Trinajstić information content (AvgIpc) is 3.05. The average molecular weight is 490 g/mol. The van der Waals surface area contributed by atoms with Gasteiger partial charge in [-0.15, -0.1) is 0 Å². The summed E-state index contributed by atoms with van der Waals surface area (Å²) >= 11 is 3.32. The van der Waals surface area contributed by atoms with E-state index in [0.29, 0.717) is 29.2 Å². The van der Waals surface area contributed by atoms with Crippen LogP contribution in [0, 0.1) is 6.92 Å². The standard InChI is InChI=1S/C21H20BrN3O4S/c1-3-20(26)23-21-14(2)24-29-19(21)12-9-15-7-10-18(11-8-15)30(27,28)25-17-6-4-5-16(22)13-17/h4-13,25H,3H2,1-2H3,(H,23,26)/b12-9-. The quantitative estimate of drug-likeness (QED) is 0.482. The maximum Gasteiger partial charge on any atom is 0.261 e. The van der Waals surface area contributed by atoms with Crippen molar-refractivity contribution in [3.05, 3.63) is 70.0 Å². The third-order valence-corrected chi connectivity index (χ3v) is 6.06. The Morgan fingerprint density at radius 1 is 1.17 bits per heavy atom. The number of sulfonamides is 1. The molecule has 0 aliphatic heterocycles. The molecule has 1 heterocycles. The summed E-state index contributed by atoms with van der Waals surface area (Å²) in [5, 5.41) is 6.64. The van der Waals surface area contributed by atoms with E-state index < -0.39 is 10.0 Å². The molecule has 2 N–H and O–H groups in total. The smallest absolute Gasteiger partial charge is 0.261 e. The number of aromatic nitrogens is 1. The number of anilines is 2. The lowest BCUT2D eigenvalue weighted by molar-refractivity contribution is -0.115. The van der Waals surface area contributed by atoms with Crippen molar-refractivity contribution in [2.24, 2.45) is 0 Å². The summed E-state index contributed by atoms with van der Waals surface area (Å²) in [6.45, 7) is 3.50. The molecule has 0 saturated heterocycles. The van der Waals surface area contributed by atoms with Crippen molar-refractivity contribution >= 4 is 55.4 Å². The summed E-state index contributed by atoms with van der Waals surface area (Å²) < 4.78 is 33.7. The van der Waals surface area contributed by atoms with Gasteiger partial charge in [0.1, 0.15) is 11.4 Å². The number of aryl methyl sites for hydroxylation is 1. The first-order chi connectivity index (χ1) is 14.3. The van der Waals surface area contributed by atoms with Gasteiger partial charge < -0.3 is 9.84 Å². The van der Waals surface area contributed by atoms with Gasteiger partial charge in [0.2, 0.25) is 5.91 Å². The van der Waals surface area contributed by atoms with Crippen LogP contribution in [0.1, 0.15) is 30.4 Å². The molecule has 1 amide bonds. The molecule has 0 unspecified atom stereocenters. The molecule has 2 aromatic carbocycles. The Balaban J connectivity index is 1.75. The monoisotopic (exact) mass is 489 g/mol. The summed E-state index contributed by atoms with van der Waals surface area (Å²) in [5.74, 6) is 0.283. The van der Waals surface area contributed by atoms with Gasteiger partial charge in [-0.3, -0.25) is 9.52 Å². The molecule has 9 heteroatoms. The Hall–Kier alpha value is -2.91. The van der Waals surface area contributed by atoms with Gasteiger partial charge in [-0.1, -0.05) is 52.3 Å². The fourth-order valence-corrected chi connectivity index (χ4v) is 4.03. The minimum atomic E-state index is -3.70. The number of rotatable bonds is 7. The lowest BCUT2D eigenvalue weighted by Gasteiger charge is -2.08. The Morgan fingerprint density at radius 3 is 2.57 bits per heavy atom. The van der Waals surface area contributed by atoms with E-state index in [-0.39, 0.29) is 10.8 Å². The summed E-state index contributed by atoms with van der Waals surface area (Å²) in [7, 11) is -3.70. The van der Waals surface area contributed by atoms with Gasteiger partial charge in [0.25, 0.3) is 10.0 Å². The van der Waals surface area contributed by atoms with Gasteiger partial charge in [0, 0.05) is 16.6 Å². The number of amides is 1. The van der Waals surface area contributed by atoms with Crippen LogP contribution >= 0.6 is 15.9 Å². The molecule has 0 aliphatic carbocycles. The first kappa shape index (κ1) is 21.8. The molecule has 0 spiro atoms. The minimum absolute atomic E-state index is 0.136. The SMILES string of the molecule is CCC(=O)Nc1c(C)noc1/C=C\c1ccc(S(=O)(=O)Nc2cccc(Br)c2)cc1. The number of nitrogens with one attached hydrogen (secondary N) is 2. The lowest BCUT2D eigenvalue weighted by Crippen LogP contribution is -2.12. The second kappa shape index (κ2) is 9.27. The molecule has 7 nitrogen and oxygen atoms in total. The largest absolute Gasteiger partial charge is 0.354 e. The van der Waals surface area contributed by atoms with Crippen LogP contribution in [0.15, 0.2) is 62.4 Å². The van der Waals surface area contributed by atoms with Crippen LogP contribution in [0.3, 0.4) is 0 Å². The van der Waals surface area contributed by atoms with Crippen LogP contribution in [0.4, 0.5) is 11.4 Å². The van der Waals surface area contributed by atoms with Gasteiger partial charge in [0.05, 0.1) is 4.90 Å². The maximum absolute atomic E-state index is 12.6. The van der Waals surface area contributed by atoms with Crippen molar-refractivity contribution in [1.82, 2.24) is 5.16 Å². The number of hydrogen-bond acceptors (Lipinski definition) is 5. The molecule has 0 aliphatic rings. The van der Waals surface area contributed by atoms with E-state index in [4.69, 9.17) is 4.52 Å². The normalized spacial score (nSPS) is 11.6. The van der Waals surface area contributed by atoms with Gasteiger partial charge in [-0.05, 0) is 48.9 Å². The number of benzene rings is 2. The topological polar surface area (TPSA) is 101 Å². The van der Waals surface area contributed by atoms with Crippen LogP contribution in [-0.2, 0) is 14.8 Å². The predicted octanol–water partition coefficient (Wildman–Crippen LogP) is 5.07. The third kappa shape index (κ3) is 5.37. The van der Waals surface area contributed by atoms with E-state index in [1.807, 2.05) is 6.07 Å². The second-order valence-corrected chi connectivity index (χ2v) is 9.03. The molecule has 0 atom stereocenters. The van der Waals surface area contributed by atoms with Crippen LogP contribution in [0.25, 0.3) is 12.2 Å². The number of carbonyl (C=O) groups is 1. The van der Waals surface area contributed by atoms with Crippen molar-refractivity contribution in [3.8, 4) is 0 Å². The fourth-order valence-electron chi connectivity index (χ4n) is 2.58. The second-order valence-electron chi connectivity index (χ2n) is 6.43. The van der Waals surface area contributed by atoms with Crippen LogP contribution in [-0.4, -0.2) is 19.5 Å². The highest BCUT2D eigenvalue weighted by molar-refractivity contribution is 9.10. The summed E-state index contributed by atoms with van der Waals surface area (Å²) in [6.07, 6.45) is 3.77. The van der Waals surface area contributed by atoms with Crippen LogP contribution in [0.5, 0.6) is 0 Å². The predicted molar refractivity (Wildman–Crippen MR) is 120 cm³/mol. The molecule has 30 heavy (non-hydrogen) atoms. The van der Waals surface area contributed by atoms with Crippen molar-refractivity contribution in [2.45, 2.75) is 25.2 Å². The van der Waals surface area contributed by atoms with Crippen LogP contribution < -0.4 is 10.0 Å². The molecule has 3 aromatic rings. The Morgan fingerprint density at radius 2 is 1.90 bits per heavy atom. The van der Waals surface area contributed by atoms with Crippen LogP contribution in [0.2, 0.25) is 0 Å². The third-order valence-electron chi connectivity index (χ3n) is 4.17. The van der Waals surface area contributed by atoms with Gasteiger partial charge in [-0.25, -0.2) is 8.42 Å². The highest BCUT2D eigenvalue weighted by Gasteiger charge is 2.15. The summed E-state index contributed by atoms with van der Waals surface area (Å²) in [4.78, 5) is 11.8. The highest BCUT2D eigenvalue weighted by Crippen LogP contribution is 2.24. The molecule has 156 valence electrons. The zero-order valence-corrected chi connectivity index (χ0v) is 18.7. The van der Waals surface area contributed by atoms with E-state index in [1.165, 1.54) is 12.1 Å². The van der Waals surface area contributed by atoms with E-state index in [2.05, 4.69) is 31.1 Å². The first-order valence-electron chi connectivity index (χ1n) is 9.11. The Bertz CT molecular complexity index is 1190. The molecule has 0 bridgehead atoms. The number of hydrogen-bond donors (Lipinski definition) is 2. The van der Waals surface area contributed by atoms with Crippen molar-refractivity contribution < 1.29 is 17.7 Å². The Kier molecular flexibility index (Phi) is 6.73. The zero-order chi connectivity index (χ0) is 21.7. The van der Waals surface area contributed by atoms with Crippen molar-refractivity contribution in [1.29, 1.82) is 0 Å². The zero-order valence-electron chi connectivity index (χ0n) is 16.3.